The van der Waals surface area contributed by atoms with Crippen LogP contribution in [0.3, 0.4) is 0 Å². The molecule has 1 aromatic rings. The van der Waals surface area contributed by atoms with Crippen molar-refractivity contribution < 1.29 is 9.53 Å². The summed E-state index contributed by atoms with van der Waals surface area (Å²) in [7, 11) is 0. The number of carbonyl (C=O) groups is 1. The zero-order chi connectivity index (χ0) is 8.84. The van der Waals surface area contributed by atoms with Crippen LogP contribution in [0.5, 0.6) is 0 Å². The van der Waals surface area contributed by atoms with Crippen molar-refractivity contribution in [1.82, 2.24) is 5.32 Å². The molecule has 1 amide bonds. The molecule has 3 rings (SSSR count). The summed E-state index contributed by atoms with van der Waals surface area (Å²) in [6.07, 6.45) is 0.578. The topological polar surface area (TPSA) is 38.3 Å². The number of carbonyl (C=O) groups excluding carboxylic acids is 1. The Bertz CT molecular complexity index is 375. The Hall–Kier alpha value is -1.51. The largest absolute Gasteiger partial charge is 0.443 e. The van der Waals surface area contributed by atoms with Gasteiger partial charge in [-0.2, -0.15) is 0 Å². The first-order valence-electron chi connectivity index (χ1n) is 4.39. The van der Waals surface area contributed by atoms with Crippen molar-refractivity contribution in [1.29, 1.82) is 0 Å². The van der Waals surface area contributed by atoms with Crippen molar-refractivity contribution in [2.24, 2.45) is 0 Å². The molecular weight excluding hydrogens is 166 g/mol. The molecule has 2 atom stereocenters. The maximum atomic E-state index is 10.9. The third-order valence-corrected chi connectivity index (χ3v) is 2.71. The van der Waals surface area contributed by atoms with Gasteiger partial charge >= 0.3 is 6.09 Å². The average molecular weight is 175 g/mol. The monoisotopic (exact) mass is 175 g/mol. The molecule has 0 saturated carbocycles. The molecule has 0 aromatic heterocycles. The summed E-state index contributed by atoms with van der Waals surface area (Å²) in [6.45, 7) is 0. The van der Waals surface area contributed by atoms with E-state index in [1.807, 2.05) is 12.1 Å². The van der Waals surface area contributed by atoms with Crippen LogP contribution in [0.15, 0.2) is 24.3 Å². The molecule has 1 aromatic carbocycles. The second-order valence-corrected chi connectivity index (χ2v) is 3.47. The first-order valence-corrected chi connectivity index (χ1v) is 4.39. The molecule has 3 nitrogen and oxygen atoms in total. The molecule has 0 radical (unpaired) electrons. The lowest BCUT2D eigenvalue weighted by atomic mass is 10.1. The van der Waals surface area contributed by atoms with Crippen LogP contribution in [0, 0.1) is 0 Å². The van der Waals surface area contributed by atoms with Crippen molar-refractivity contribution >= 4 is 6.09 Å². The van der Waals surface area contributed by atoms with Gasteiger partial charge in [0.1, 0.15) is 6.10 Å². The number of hydrogen-bond acceptors (Lipinski definition) is 2. The highest BCUT2D eigenvalue weighted by Crippen LogP contribution is 2.36. The first kappa shape index (κ1) is 6.95. The Morgan fingerprint density at radius 3 is 3.15 bits per heavy atom. The van der Waals surface area contributed by atoms with E-state index in [4.69, 9.17) is 4.74 Å². The summed E-state index contributed by atoms with van der Waals surface area (Å²) in [6, 6.07) is 8.23. The molecule has 3 heteroatoms. The highest BCUT2D eigenvalue weighted by Gasteiger charge is 2.41. The molecule has 1 heterocycles. The van der Waals surface area contributed by atoms with E-state index in [-0.39, 0.29) is 18.2 Å². The first-order chi connectivity index (χ1) is 6.34. The van der Waals surface area contributed by atoms with E-state index in [1.165, 1.54) is 11.1 Å². The summed E-state index contributed by atoms with van der Waals surface area (Å²) < 4.78 is 5.12. The van der Waals surface area contributed by atoms with Gasteiger partial charge in [0.15, 0.2) is 0 Å². The number of nitrogens with one attached hydrogen (secondary N) is 1. The molecule has 13 heavy (non-hydrogen) atoms. The molecule has 1 saturated heterocycles. The van der Waals surface area contributed by atoms with Gasteiger partial charge in [0.05, 0.1) is 6.04 Å². The van der Waals surface area contributed by atoms with Gasteiger partial charge in [0, 0.05) is 6.42 Å². The van der Waals surface area contributed by atoms with E-state index in [2.05, 4.69) is 17.4 Å². The lowest BCUT2D eigenvalue weighted by Gasteiger charge is -2.05. The van der Waals surface area contributed by atoms with Crippen molar-refractivity contribution in [3.63, 3.8) is 0 Å². The summed E-state index contributed by atoms with van der Waals surface area (Å²) in [5, 5.41) is 2.81. The summed E-state index contributed by atoms with van der Waals surface area (Å²) in [4.78, 5) is 10.9. The maximum absolute atomic E-state index is 10.9. The molecule has 1 aliphatic carbocycles. The van der Waals surface area contributed by atoms with E-state index >= 15 is 0 Å². The molecule has 1 aliphatic heterocycles. The van der Waals surface area contributed by atoms with E-state index in [9.17, 15) is 4.79 Å². The smallest absolute Gasteiger partial charge is 0.408 e. The fraction of sp³-hybridized carbons (Fsp3) is 0.300. The van der Waals surface area contributed by atoms with Crippen LogP contribution in [-0.4, -0.2) is 12.2 Å². The predicted molar refractivity (Wildman–Crippen MR) is 46.3 cm³/mol. The van der Waals surface area contributed by atoms with Crippen LogP contribution in [-0.2, 0) is 11.2 Å². The molecule has 1 N–H and O–H groups in total. The van der Waals surface area contributed by atoms with Gasteiger partial charge in [0.25, 0.3) is 0 Å². The molecule has 0 bridgehead atoms. The van der Waals surface area contributed by atoms with E-state index in [1.54, 1.807) is 0 Å². The zero-order valence-corrected chi connectivity index (χ0v) is 6.99. The van der Waals surface area contributed by atoms with E-state index < -0.39 is 0 Å². The number of ether oxygens (including phenoxy) is 1. The summed E-state index contributed by atoms with van der Waals surface area (Å²) in [5.41, 5.74) is 2.50. The third-order valence-electron chi connectivity index (χ3n) is 2.71. The van der Waals surface area contributed by atoms with Crippen LogP contribution >= 0.6 is 0 Å². The average Bonchev–Trinajstić information content (AvgIpc) is 2.60. The van der Waals surface area contributed by atoms with E-state index in [0.29, 0.717) is 0 Å². The predicted octanol–water partition coefficient (Wildman–Crippen LogP) is 1.39. The van der Waals surface area contributed by atoms with Gasteiger partial charge in [0.2, 0.25) is 0 Å². The lowest BCUT2D eigenvalue weighted by Crippen LogP contribution is -2.18. The molecule has 2 aliphatic rings. The zero-order valence-electron chi connectivity index (χ0n) is 6.99. The standard InChI is InChI=1S/C10H9NO2/c12-10-11-9-7-4-2-1-3-6(7)5-8(9)13-10/h1-4,8-9H,5H2,(H,11,12)/t8-,9+/m1/s1. The van der Waals surface area contributed by atoms with Crippen LogP contribution in [0.25, 0.3) is 0 Å². The lowest BCUT2D eigenvalue weighted by molar-refractivity contribution is 0.136. The Kier molecular flexibility index (Phi) is 1.20. The second kappa shape index (κ2) is 2.25. The number of hydrogen-bond donors (Lipinski definition) is 1. The SMILES string of the molecule is O=C1N[C@H]2c3ccccc3C[C@H]2O1. The maximum Gasteiger partial charge on any atom is 0.408 e. The third kappa shape index (κ3) is 0.869. The normalized spacial score (nSPS) is 29.1. The minimum atomic E-state index is -0.287. The van der Waals surface area contributed by atoms with Crippen LogP contribution in [0.1, 0.15) is 17.2 Å². The highest BCUT2D eigenvalue weighted by molar-refractivity contribution is 5.71. The molecule has 0 unspecified atom stereocenters. The summed E-state index contributed by atoms with van der Waals surface area (Å²) >= 11 is 0. The quantitative estimate of drug-likeness (QED) is 0.647. The number of alkyl carbamates (subject to hydrolysis) is 1. The van der Waals surface area contributed by atoms with Crippen molar-refractivity contribution in [2.45, 2.75) is 18.6 Å². The van der Waals surface area contributed by atoms with Gasteiger partial charge in [-0.1, -0.05) is 24.3 Å². The number of rotatable bonds is 0. The Balaban J connectivity index is 2.06. The number of benzene rings is 1. The minimum Gasteiger partial charge on any atom is -0.443 e. The van der Waals surface area contributed by atoms with Crippen LogP contribution in [0.4, 0.5) is 4.79 Å². The van der Waals surface area contributed by atoms with Gasteiger partial charge in [-0.05, 0) is 11.1 Å². The number of fused-ring (bicyclic) bond motifs is 3. The number of amides is 1. The van der Waals surface area contributed by atoms with Gasteiger partial charge < -0.3 is 10.1 Å². The van der Waals surface area contributed by atoms with Gasteiger partial charge in [-0.3, -0.25) is 0 Å². The van der Waals surface area contributed by atoms with E-state index in [0.717, 1.165) is 6.42 Å². The van der Waals surface area contributed by atoms with Gasteiger partial charge in [-0.25, -0.2) is 4.79 Å². The Morgan fingerprint density at radius 1 is 1.38 bits per heavy atom. The highest BCUT2D eigenvalue weighted by atomic mass is 16.6. The van der Waals surface area contributed by atoms with Gasteiger partial charge in [-0.15, -0.1) is 0 Å². The summed E-state index contributed by atoms with van der Waals surface area (Å²) in [5.74, 6) is 0. The fourth-order valence-electron chi connectivity index (χ4n) is 2.14. The Morgan fingerprint density at radius 2 is 2.23 bits per heavy atom. The molecule has 0 spiro atoms. The van der Waals surface area contributed by atoms with Crippen LogP contribution < -0.4 is 5.32 Å². The van der Waals surface area contributed by atoms with Crippen LogP contribution in [0.2, 0.25) is 0 Å². The minimum absolute atomic E-state index is 0.0184. The fourth-order valence-corrected chi connectivity index (χ4v) is 2.14. The van der Waals surface area contributed by atoms with Crippen molar-refractivity contribution in [3.05, 3.63) is 35.4 Å². The Labute approximate surface area is 75.7 Å². The second-order valence-electron chi connectivity index (χ2n) is 3.47. The molecule has 66 valence electrons. The molecule has 1 fully saturated rings. The van der Waals surface area contributed by atoms with Crippen molar-refractivity contribution in [2.75, 3.05) is 0 Å². The van der Waals surface area contributed by atoms with Crippen molar-refractivity contribution in [3.8, 4) is 0 Å². The molecular formula is C10H9NO2.